The predicted molar refractivity (Wildman–Crippen MR) is 48.5 cm³/mol. The van der Waals surface area contributed by atoms with Gasteiger partial charge in [0.2, 0.25) is 0 Å². The smallest absolute Gasteiger partial charge is 0.0479 e. The normalized spacial score (nSPS) is 12.6. The molecular weight excluding hydrogens is 174 g/mol. The number of benzene rings is 1. The molecule has 1 atom stereocenters. The fourth-order valence-electron chi connectivity index (χ4n) is 0.841. The van der Waals surface area contributed by atoms with Crippen LogP contribution in [0.15, 0.2) is 24.3 Å². The van der Waals surface area contributed by atoms with Crippen molar-refractivity contribution >= 4 is 17.0 Å². The molecule has 1 aromatic rings. The molecule has 1 aromatic carbocycles. The molecule has 4 heteroatoms. The summed E-state index contributed by atoms with van der Waals surface area (Å²) in [6.07, 6.45) is 0. The van der Waals surface area contributed by atoms with E-state index in [0.29, 0.717) is 5.69 Å². The number of hydrogen-bond acceptors (Lipinski definition) is 2. The molecule has 0 fully saturated rings. The Labute approximate surface area is 74.4 Å². The van der Waals surface area contributed by atoms with Crippen molar-refractivity contribution in [3.63, 3.8) is 0 Å². The molecule has 12 heavy (non-hydrogen) atoms. The molecule has 0 spiro atoms. The Balaban J connectivity index is 2.89. The molecule has 66 valence electrons. The van der Waals surface area contributed by atoms with Gasteiger partial charge in [0.25, 0.3) is 0 Å². The summed E-state index contributed by atoms with van der Waals surface area (Å²) in [6.45, 7) is 1.96. The van der Waals surface area contributed by atoms with E-state index < -0.39 is 11.3 Å². The van der Waals surface area contributed by atoms with Crippen LogP contribution in [0.2, 0.25) is 0 Å². The van der Waals surface area contributed by atoms with E-state index in [4.69, 9.17) is 0 Å². The lowest BCUT2D eigenvalue weighted by Gasteiger charge is -2.20. The van der Waals surface area contributed by atoms with E-state index in [1.54, 1.807) is 12.1 Å². The summed E-state index contributed by atoms with van der Waals surface area (Å²) in [4.78, 5) is 0. The monoisotopic (exact) mass is 184 g/mol. The molecule has 0 aliphatic rings. The van der Waals surface area contributed by atoms with Gasteiger partial charge in [-0.15, -0.1) is 0 Å². The van der Waals surface area contributed by atoms with Gasteiger partial charge in [-0.05, 0) is 19.1 Å². The second-order valence-corrected chi connectivity index (χ2v) is 3.53. The number of aryl methyl sites for hydroxylation is 1. The highest BCUT2D eigenvalue weighted by Gasteiger charge is 1.98. The molecule has 1 unspecified atom stereocenters. The number of hydrogen-bond donors (Lipinski definition) is 0. The predicted octanol–water partition coefficient (Wildman–Crippen LogP) is 1.23. The molecule has 0 N–H and O–H groups in total. The van der Waals surface area contributed by atoms with E-state index in [9.17, 15) is 8.76 Å². The Morgan fingerprint density at radius 3 is 2.25 bits per heavy atom. The van der Waals surface area contributed by atoms with Crippen molar-refractivity contribution in [2.24, 2.45) is 0 Å². The van der Waals surface area contributed by atoms with E-state index in [1.165, 1.54) is 11.4 Å². The fourth-order valence-corrected chi connectivity index (χ4v) is 1.13. The maximum Gasteiger partial charge on any atom is 0.0479 e. The highest BCUT2D eigenvalue weighted by Crippen LogP contribution is 2.13. The van der Waals surface area contributed by atoms with Crippen molar-refractivity contribution in [1.82, 2.24) is 0 Å². The van der Waals surface area contributed by atoms with Crippen LogP contribution in [0.3, 0.4) is 0 Å². The van der Waals surface area contributed by atoms with E-state index in [2.05, 4.69) is 0 Å². The Kier molecular flexibility index (Phi) is 2.83. The summed E-state index contributed by atoms with van der Waals surface area (Å²) in [5, 5.41) is 0. The molecule has 0 saturated heterocycles. The second kappa shape index (κ2) is 3.69. The lowest BCUT2D eigenvalue weighted by atomic mass is 10.2. The summed E-state index contributed by atoms with van der Waals surface area (Å²) in [7, 11) is 1.51. The number of rotatable bonds is 2. The SMILES string of the molecule is Cc1ccc(N(C)S(=O)[O-])cc1. The van der Waals surface area contributed by atoms with Crippen molar-refractivity contribution in [2.45, 2.75) is 6.92 Å². The fraction of sp³-hybridized carbons (Fsp3) is 0.250. The zero-order valence-electron chi connectivity index (χ0n) is 6.98. The van der Waals surface area contributed by atoms with Gasteiger partial charge in [-0.2, -0.15) is 0 Å². The summed E-state index contributed by atoms with van der Waals surface area (Å²) in [5.74, 6) is 0. The minimum atomic E-state index is -2.18. The first-order valence-corrected chi connectivity index (χ1v) is 4.54. The molecule has 3 nitrogen and oxygen atoms in total. The third-order valence-corrected chi connectivity index (χ3v) is 2.28. The van der Waals surface area contributed by atoms with Gasteiger partial charge in [-0.1, -0.05) is 17.7 Å². The van der Waals surface area contributed by atoms with Gasteiger partial charge in [0.1, 0.15) is 0 Å². The maximum atomic E-state index is 10.5. The van der Waals surface area contributed by atoms with Crippen LogP contribution >= 0.6 is 0 Å². The van der Waals surface area contributed by atoms with Gasteiger partial charge in [-0.3, -0.25) is 4.21 Å². The minimum Gasteiger partial charge on any atom is -0.755 e. The zero-order chi connectivity index (χ0) is 9.14. The van der Waals surface area contributed by atoms with Crippen LogP contribution in [-0.4, -0.2) is 15.8 Å². The maximum absolute atomic E-state index is 10.5. The molecule has 0 heterocycles. The topological polar surface area (TPSA) is 43.4 Å². The molecule has 0 amide bonds. The first kappa shape index (κ1) is 9.22. The van der Waals surface area contributed by atoms with Gasteiger partial charge < -0.3 is 8.86 Å². The van der Waals surface area contributed by atoms with Crippen LogP contribution in [0, 0.1) is 6.92 Å². The van der Waals surface area contributed by atoms with Crippen LogP contribution in [0.4, 0.5) is 5.69 Å². The summed E-state index contributed by atoms with van der Waals surface area (Å²) < 4.78 is 22.2. The minimum absolute atomic E-state index is 0.675. The summed E-state index contributed by atoms with van der Waals surface area (Å²) in [6, 6.07) is 7.29. The van der Waals surface area contributed by atoms with Gasteiger partial charge in [0, 0.05) is 24.0 Å². The standard InChI is InChI=1S/C8H11NO2S/c1-7-3-5-8(6-4-7)9(2)12(10)11/h3-6H,1-2H3,(H,10,11)/p-1. The third kappa shape index (κ3) is 2.06. The second-order valence-electron chi connectivity index (χ2n) is 2.55. The Bertz CT molecular complexity index is 284. The summed E-state index contributed by atoms with van der Waals surface area (Å²) >= 11 is -2.18. The lowest BCUT2D eigenvalue weighted by Crippen LogP contribution is -2.19. The van der Waals surface area contributed by atoms with Crippen molar-refractivity contribution in [3.05, 3.63) is 29.8 Å². The highest BCUT2D eigenvalue weighted by atomic mass is 32.2. The number of nitrogens with zero attached hydrogens (tertiary/aromatic N) is 1. The Hall–Kier alpha value is -0.870. The average molecular weight is 184 g/mol. The van der Waals surface area contributed by atoms with E-state index >= 15 is 0 Å². The van der Waals surface area contributed by atoms with Crippen LogP contribution in [0.25, 0.3) is 0 Å². The molecule has 0 aliphatic heterocycles. The average Bonchev–Trinajstić information content (AvgIpc) is 2.04. The highest BCUT2D eigenvalue weighted by molar-refractivity contribution is 7.80. The lowest BCUT2D eigenvalue weighted by molar-refractivity contribution is 0.535. The third-order valence-electron chi connectivity index (χ3n) is 1.62. The molecule has 0 radical (unpaired) electrons. The van der Waals surface area contributed by atoms with E-state index in [1.807, 2.05) is 19.1 Å². The van der Waals surface area contributed by atoms with Crippen molar-refractivity contribution in [3.8, 4) is 0 Å². The van der Waals surface area contributed by atoms with Crippen LogP contribution < -0.4 is 4.31 Å². The van der Waals surface area contributed by atoms with Gasteiger partial charge in [0.15, 0.2) is 0 Å². The number of anilines is 1. The molecule has 0 bridgehead atoms. The molecule has 1 rings (SSSR count). The summed E-state index contributed by atoms with van der Waals surface area (Å²) in [5.41, 5.74) is 1.79. The van der Waals surface area contributed by atoms with Crippen molar-refractivity contribution in [2.75, 3.05) is 11.4 Å². The first-order valence-electron chi connectivity index (χ1n) is 3.51. The van der Waals surface area contributed by atoms with Gasteiger partial charge >= 0.3 is 0 Å². The van der Waals surface area contributed by atoms with Crippen LogP contribution in [-0.2, 0) is 11.3 Å². The Morgan fingerprint density at radius 1 is 1.33 bits per heavy atom. The van der Waals surface area contributed by atoms with E-state index in [0.717, 1.165) is 5.56 Å². The Morgan fingerprint density at radius 2 is 1.83 bits per heavy atom. The molecular formula is C8H10NO2S-. The van der Waals surface area contributed by atoms with Crippen molar-refractivity contribution in [1.29, 1.82) is 0 Å². The zero-order valence-corrected chi connectivity index (χ0v) is 7.80. The molecule has 0 aromatic heterocycles. The molecule has 0 saturated carbocycles. The van der Waals surface area contributed by atoms with Crippen LogP contribution in [0.1, 0.15) is 5.56 Å². The van der Waals surface area contributed by atoms with Gasteiger partial charge in [0.05, 0.1) is 0 Å². The first-order chi connectivity index (χ1) is 5.61. The van der Waals surface area contributed by atoms with Crippen LogP contribution in [0.5, 0.6) is 0 Å². The van der Waals surface area contributed by atoms with Crippen molar-refractivity contribution < 1.29 is 8.76 Å². The molecule has 0 aliphatic carbocycles. The van der Waals surface area contributed by atoms with Gasteiger partial charge in [-0.25, -0.2) is 0 Å². The largest absolute Gasteiger partial charge is 0.755 e. The van der Waals surface area contributed by atoms with E-state index in [-0.39, 0.29) is 0 Å². The quantitative estimate of drug-likeness (QED) is 0.649.